The van der Waals surface area contributed by atoms with Crippen LogP contribution in [0.4, 0.5) is 23.2 Å². The summed E-state index contributed by atoms with van der Waals surface area (Å²) >= 11 is 0. The fourth-order valence-electron chi connectivity index (χ4n) is 2.48. The predicted octanol–water partition coefficient (Wildman–Crippen LogP) is 3.49. The number of pyridine rings is 1. The predicted molar refractivity (Wildman–Crippen MR) is 105 cm³/mol. The molecule has 33 heavy (non-hydrogen) atoms. The molecule has 0 aliphatic rings. The summed E-state index contributed by atoms with van der Waals surface area (Å²) < 4.78 is 86.6. The van der Waals surface area contributed by atoms with Crippen molar-refractivity contribution in [2.45, 2.75) is 11.1 Å². The van der Waals surface area contributed by atoms with Crippen LogP contribution >= 0.6 is 0 Å². The van der Waals surface area contributed by atoms with Gasteiger partial charge in [0.15, 0.2) is 27.0 Å². The number of sulfone groups is 1. The molecule has 0 saturated carbocycles. The normalized spacial score (nSPS) is 11.7. The summed E-state index contributed by atoms with van der Waals surface area (Å²) in [7, 11) is -2.46. The highest BCUT2D eigenvalue weighted by molar-refractivity contribution is 7.90. The lowest BCUT2D eigenvalue weighted by Gasteiger charge is -2.14. The smallest absolute Gasteiger partial charge is 0.435 e. The van der Waals surface area contributed by atoms with Gasteiger partial charge in [-0.2, -0.15) is 13.2 Å². The minimum atomic E-state index is -4.92. The molecule has 0 aliphatic heterocycles. The molecule has 14 heteroatoms. The van der Waals surface area contributed by atoms with Crippen molar-refractivity contribution in [2.24, 2.45) is 0 Å². The summed E-state index contributed by atoms with van der Waals surface area (Å²) in [5.41, 5.74) is -2.28. The van der Waals surface area contributed by atoms with Gasteiger partial charge in [0.25, 0.3) is 11.8 Å². The number of ether oxygens (including phenoxy) is 2. The summed E-state index contributed by atoms with van der Waals surface area (Å²) in [4.78, 5) is 16.2. The van der Waals surface area contributed by atoms with Crippen LogP contribution in [0.15, 0.2) is 47.6 Å². The monoisotopic (exact) mass is 486 g/mol. The van der Waals surface area contributed by atoms with E-state index in [0.29, 0.717) is 6.07 Å². The second-order valence-electron chi connectivity index (χ2n) is 6.48. The lowest BCUT2D eigenvalue weighted by Crippen LogP contribution is -2.18. The molecule has 1 N–H and O–H groups in total. The first-order chi connectivity index (χ1) is 15.4. The van der Waals surface area contributed by atoms with E-state index in [1.807, 2.05) is 0 Å². The first-order valence-corrected chi connectivity index (χ1v) is 10.7. The Bertz CT molecular complexity index is 1320. The molecule has 0 spiro atoms. The number of alkyl halides is 3. The standard InChI is InChI=1S/C19H14F4N4O5S/c1-31-15-5-10(20)3-4-14(15)32-18-13(7-16(26-27-18)19(21,22)23)17(28)25-11-6-12(9-24-8-11)33(2,29)30/h3-9H,1-2H3,(H,25,28). The molecule has 1 amide bonds. The highest BCUT2D eigenvalue weighted by Crippen LogP contribution is 2.35. The van der Waals surface area contributed by atoms with Crippen molar-refractivity contribution in [1.82, 2.24) is 15.2 Å². The molecule has 3 rings (SSSR count). The SMILES string of the molecule is COc1cc(F)ccc1Oc1nnc(C(F)(F)F)cc1C(=O)Nc1cncc(S(C)(=O)=O)c1. The topological polar surface area (TPSA) is 120 Å². The van der Waals surface area contributed by atoms with Crippen LogP contribution in [-0.4, -0.2) is 42.9 Å². The van der Waals surface area contributed by atoms with Crippen LogP contribution in [-0.2, 0) is 16.0 Å². The van der Waals surface area contributed by atoms with E-state index in [-0.39, 0.29) is 22.1 Å². The number of nitrogens with one attached hydrogen (secondary N) is 1. The number of rotatable bonds is 6. The Morgan fingerprint density at radius 1 is 1.06 bits per heavy atom. The Labute approximate surface area is 184 Å². The molecule has 3 aromatic rings. The minimum Gasteiger partial charge on any atom is -0.493 e. The first-order valence-electron chi connectivity index (χ1n) is 8.81. The van der Waals surface area contributed by atoms with Crippen LogP contribution in [0.5, 0.6) is 17.4 Å². The van der Waals surface area contributed by atoms with Gasteiger partial charge in [0.2, 0.25) is 0 Å². The second kappa shape index (κ2) is 8.97. The van der Waals surface area contributed by atoms with Gasteiger partial charge in [0, 0.05) is 18.5 Å². The maximum Gasteiger partial charge on any atom is 0.435 e. The number of hydrogen-bond donors (Lipinski definition) is 1. The molecule has 2 aromatic heterocycles. The van der Waals surface area contributed by atoms with E-state index >= 15 is 0 Å². The summed E-state index contributed by atoms with van der Waals surface area (Å²) in [6.45, 7) is 0. The van der Waals surface area contributed by atoms with Gasteiger partial charge >= 0.3 is 6.18 Å². The van der Waals surface area contributed by atoms with Gasteiger partial charge in [-0.1, -0.05) is 0 Å². The Morgan fingerprint density at radius 2 is 1.79 bits per heavy atom. The van der Waals surface area contributed by atoms with Gasteiger partial charge in [-0.05, 0) is 24.3 Å². The number of halogens is 4. The molecule has 0 bridgehead atoms. The van der Waals surface area contributed by atoms with Crippen LogP contribution < -0.4 is 14.8 Å². The number of carbonyl (C=O) groups excluding carboxylic acids is 1. The third-order valence-electron chi connectivity index (χ3n) is 4.03. The van der Waals surface area contributed by atoms with Crippen molar-refractivity contribution in [2.75, 3.05) is 18.7 Å². The molecule has 0 saturated heterocycles. The number of benzene rings is 1. The number of aromatic nitrogens is 3. The first kappa shape index (κ1) is 23.8. The van der Waals surface area contributed by atoms with Crippen molar-refractivity contribution >= 4 is 21.4 Å². The van der Waals surface area contributed by atoms with Gasteiger partial charge in [0.1, 0.15) is 11.4 Å². The Kier molecular flexibility index (Phi) is 6.48. The van der Waals surface area contributed by atoms with E-state index < -0.39 is 44.9 Å². The number of methoxy groups -OCH3 is 1. The molecule has 2 heterocycles. The number of hydrogen-bond acceptors (Lipinski definition) is 8. The zero-order chi connectivity index (χ0) is 24.4. The average Bonchev–Trinajstić information content (AvgIpc) is 2.74. The zero-order valence-corrected chi connectivity index (χ0v) is 17.7. The highest BCUT2D eigenvalue weighted by Gasteiger charge is 2.35. The number of anilines is 1. The van der Waals surface area contributed by atoms with Gasteiger partial charge in [0.05, 0.1) is 23.9 Å². The molecule has 174 valence electrons. The molecular weight excluding hydrogens is 472 g/mol. The zero-order valence-electron chi connectivity index (χ0n) is 16.8. The van der Waals surface area contributed by atoms with Crippen LogP contribution in [0.2, 0.25) is 0 Å². The fraction of sp³-hybridized carbons (Fsp3) is 0.158. The summed E-state index contributed by atoms with van der Waals surface area (Å²) in [6.07, 6.45) is -1.88. The molecular formula is C19H14F4N4O5S. The summed E-state index contributed by atoms with van der Waals surface area (Å²) in [6, 6.07) is 4.55. The van der Waals surface area contributed by atoms with Crippen molar-refractivity contribution in [1.29, 1.82) is 0 Å². The van der Waals surface area contributed by atoms with Crippen LogP contribution in [0.3, 0.4) is 0 Å². The van der Waals surface area contributed by atoms with Gasteiger partial charge < -0.3 is 14.8 Å². The van der Waals surface area contributed by atoms with Gasteiger partial charge in [-0.25, -0.2) is 12.8 Å². The molecule has 0 unspecified atom stereocenters. The lowest BCUT2D eigenvalue weighted by atomic mass is 10.2. The third-order valence-corrected chi connectivity index (χ3v) is 5.11. The molecule has 0 fully saturated rings. The molecule has 9 nitrogen and oxygen atoms in total. The molecule has 0 aliphatic carbocycles. The van der Waals surface area contributed by atoms with E-state index in [1.165, 1.54) is 7.11 Å². The highest BCUT2D eigenvalue weighted by atomic mass is 32.2. The Morgan fingerprint density at radius 3 is 2.42 bits per heavy atom. The van der Waals surface area contributed by atoms with E-state index in [2.05, 4.69) is 20.5 Å². The van der Waals surface area contributed by atoms with Crippen molar-refractivity contribution < 1.29 is 40.2 Å². The third kappa shape index (κ3) is 5.71. The molecule has 1 aromatic carbocycles. The van der Waals surface area contributed by atoms with Crippen molar-refractivity contribution in [3.8, 4) is 17.4 Å². The van der Waals surface area contributed by atoms with Crippen LogP contribution in [0, 0.1) is 5.82 Å². The van der Waals surface area contributed by atoms with Crippen molar-refractivity contribution in [3.05, 3.63) is 59.8 Å². The Balaban J connectivity index is 2.02. The maximum absolute atomic E-state index is 13.4. The van der Waals surface area contributed by atoms with Gasteiger partial charge in [-0.15, -0.1) is 10.2 Å². The number of carbonyl (C=O) groups is 1. The maximum atomic E-state index is 13.4. The van der Waals surface area contributed by atoms with E-state index in [0.717, 1.165) is 42.9 Å². The van der Waals surface area contributed by atoms with Crippen LogP contribution in [0.25, 0.3) is 0 Å². The van der Waals surface area contributed by atoms with E-state index in [1.54, 1.807) is 0 Å². The largest absolute Gasteiger partial charge is 0.493 e. The van der Waals surface area contributed by atoms with Crippen LogP contribution in [0.1, 0.15) is 16.1 Å². The van der Waals surface area contributed by atoms with Gasteiger partial charge in [-0.3, -0.25) is 9.78 Å². The van der Waals surface area contributed by atoms with E-state index in [9.17, 15) is 30.8 Å². The Hall–Kier alpha value is -3.81. The minimum absolute atomic E-state index is 0.112. The average molecular weight is 486 g/mol. The number of amides is 1. The van der Waals surface area contributed by atoms with Crippen molar-refractivity contribution in [3.63, 3.8) is 0 Å². The second-order valence-corrected chi connectivity index (χ2v) is 8.49. The molecule has 0 radical (unpaired) electrons. The van der Waals surface area contributed by atoms with E-state index in [4.69, 9.17) is 9.47 Å². The molecule has 0 atom stereocenters. The summed E-state index contributed by atoms with van der Waals surface area (Å²) in [5.74, 6) is -2.71. The summed E-state index contributed by atoms with van der Waals surface area (Å²) in [5, 5.41) is 8.61. The fourth-order valence-corrected chi connectivity index (χ4v) is 3.07. The quantitative estimate of drug-likeness (QED) is 0.526. The lowest BCUT2D eigenvalue weighted by molar-refractivity contribution is -0.141. The number of nitrogens with zero attached hydrogens (tertiary/aromatic N) is 3.